The number of rotatable bonds is 5. The second kappa shape index (κ2) is 6.21. The van der Waals surface area contributed by atoms with Crippen LogP contribution in [-0.2, 0) is 6.54 Å². The number of ketones is 1. The molecule has 0 amide bonds. The number of benzene rings is 1. The van der Waals surface area contributed by atoms with Gasteiger partial charge in [0.25, 0.3) is 5.56 Å². The zero-order valence-electron chi connectivity index (χ0n) is 12.6. The number of ether oxygens (including phenoxy) is 2. The van der Waals surface area contributed by atoms with Crippen LogP contribution >= 0.6 is 11.3 Å². The summed E-state index contributed by atoms with van der Waals surface area (Å²) in [5.41, 5.74) is 0.169. The predicted octanol–water partition coefficient (Wildman–Crippen LogP) is 2.36. The summed E-state index contributed by atoms with van der Waals surface area (Å²) in [6.45, 7) is -0.0969. The Labute approximate surface area is 135 Å². The molecular formula is C16H14N2O4S. The summed E-state index contributed by atoms with van der Waals surface area (Å²) >= 11 is 1.39. The second-order valence-corrected chi connectivity index (χ2v) is 5.70. The number of thiophene rings is 1. The van der Waals surface area contributed by atoms with Crippen LogP contribution in [0.25, 0.3) is 10.2 Å². The van der Waals surface area contributed by atoms with Crippen molar-refractivity contribution >= 4 is 27.3 Å². The first-order valence-electron chi connectivity index (χ1n) is 6.82. The first-order valence-corrected chi connectivity index (χ1v) is 7.70. The minimum Gasteiger partial charge on any atom is -0.497 e. The summed E-state index contributed by atoms with van der Waals surface area (Å²) in [7, 11) is 3.02. The highest BCUT2D eigenvalue weighted by molar-refractivity contribution is 7.16. The van der Waals surface area contributed by atoms with E-state index in [1.807, 2.05) is 0 Å². The fourth-order valence-electron chi connectivity index (χ4n) is 2.27. The quantitative estimate of drug-likeness (QED) is 0.672. The van der Waals surface area contributed by atoms with E-state index in [9.17, 15) is 9.59 Å². The molecule has 0 atom stereocenters. The van der Waals surface area contributed by atoms with Gasteiger partial charge in [-0.2, -0.15) is 0 Å². The van der Waals surface area contributed by atoms with Crippen LogP contribution < -0.4 is 15.0 Å². The van der Waals surface area contributed by atoms with Gasteiger partial charge in [-0.1, -0.05) is 0 Å². The van der Waals surface area contributed by atoms with Gasteiger partial charge in [0, 0.05) is 6.07 Å². The van der Waals surface area contributed by atoms with Crippen molar-refractivity contribution in [2.45, 2.75) is 6.54 Å². The molecule has 0 bridgehead atoms. The third kappa shape index (κ3) is 2.83. The van der Waals surface area contributed by atoms with Crippen molar-refractivity contribution in [3.8, 4) is 11.5 Å². The fourth-order valence-corrected chi connectivity index (χ4v) is 3.00. The van der Waals surface area contributed by atoms with Crippen molar-refractivity contribution in [2.75, 3.05) is 14.2 Å². The zero-order valence-corrected chi connectivity index (χ0v) is 13.4. The molecular weight excluding hydrogens is 316 g/mol. The molecule has 7 heteroatoms. The third-order valence-electron chi connectivity index (χ3n) is 3.47. The molecule has 0 aliphatic heterocycles. The maximum Gasteiger partial charge on any atom is 0.262 e. The van der Waals surface area contributed by atoms with Gasteiger partial charge in [0.1, 0.15) is 16.3 Å². The van der Waals surface area contributed by atoms with Crippen LogP contribution in [0.3, 0.4) is 0 Å². The molecule has 0 fully saturated rings. The molecule has 6 nitrogen and oxygen atoms in total. The average molecular weight is 330 g/mol. The lowest BCUT2D eigenvalue weighted by Gasteiger charge is -2.10. The highest BCUT2D eigenvalue weighted by atomic mass is 32.1. The van der Waals surface area contributed by atoms with E-state index < -0.39 is 0 Å². The normalized spacial score (nSPS) is 10.7. The molecule has 0 saturated heterocycles. The number of hydrogen-bond acceptors (Lipinski definition) is 6. The highest BCUT2D eigenvalue weighted by Gasteiger charge is 2.15. The van der Waals surface area contributed by atoms with Gasteiger partial charge in [0.15, 0.2) is 5.78 Å². The van der Waals surface area contributed by atoms with E-state index in [1.165, 1.54) is 36.5 Å². The Kier molecular flexibility index (Phi) is 4.12. The summed E-state index contributed by atoms with van der Waals surface area (Å²) in [6, 6.07) is 6.65. The van der Waals surface area contributed by atoms with Crippen molar-refractivity contribution in [3.05, 3.63) is 51.9 Å². The van der Waals surface area contributed by atoms with E-state index in [0.29, 0.717) is 27.3 Å². The molecule has 0 N–H and O–H groups in total. The van der Waals surface area contributed by atoms with Crippen molar-refractivity contribution in [3.63, 3.8) is 0 Å². The highest BCUT2D eigenvalue weighted by Crippen LogP contribution is 2.25. The molecule has 2 aromatic heterocycles. The van der Waals surface area contributed by atoms with Gasteiger partial charge < -0.3 is 9.47 Å². The van der Waals surface area contributed by atoms with Gasteiger partial charge in [0.2, 0.25) is 0 Å². The molecule has 1 aromatic carbocycles. The van der Waals surface area contributed by atoms with Crippen molar-refractivity contribution in [1.29, 1.82) is 0 Å². The van der Waals surface area contributed by atoms with E-state index in [-0.39, 0.29) is 17.9 Å². The Hall–Kier alpha value is -2.67. The van der Waals surface area contributed by atoms with Crippen LogP contribution in [0.1, 0.15) is 10.4 Å². The topological polar surface area (TPSA) is 70.4 Å². The number of carbonyl (C=O) groups is 1. The molecule has 0 aliphatic carbocycles. The molecule has 3 aromatic rings. The SMILES string of the molecule is COc1ccc(C(=O)Cn2cnc3sccc3c2=O)c(OC)c1. The lowest BCUT2D eigenvalue weighted by molar-refractivity contribution is 0.0967. The molecule has 0 radical (unpaired) electrons. The maximum absolute atomic E-state index is 12.5. The first-order chi connectivity index (χ1) is 11.1. The van der Waals surface area contributed by atoms with Crippen LogP contribution in [0, 0.1) is 0 Å². The summed E-state index contributed by atoms with van der Waals surface area (Å²) in [5.74, 6) is 0.770. The van der Waals surface area contributed by atoms with Gasteiger partial charge >= 0.3 is 0 Å². The minimum atomic E-state index is -0.233. The standard InChI is InChI=1S/C16H14N2O4S/c1-21-10-3-4-11(14(7-10)22-2)13(19)8-18-9-17-15-12(16(18)20)5-6-23-15/h3-7,9H,8H2,1-2H3. The molecule has 0 unspecified atom stereocenters. The monoisotopic (exact) mass is 330 g/mol. The Morgan fingerprint density at radius 3 is 2.83 bits per heavy atom. The molecule has 0 spiro atoms. The number of Topliss-reactive ketones (excluding diaryl/α,β-unsaturated/α-hetero) is 1. The van der Waals surface area contributed by atoms with Crippen molar-refractivity contribution < 1.29 is 14.3 Å². The van der Waals surface area contributed by atoms with E-state index >= 15 is 0 Å². The number of fused-ring (bicyclic) bond motifs is 1. The smallest absolute Gasteiger partial charge is 0.262 e. The van der Waals surface area contributed by atoms with E-state index in [4.69, 9.17) is 9.47 Å². The molecule has 23 heavy (non-hydrogen) atoms. The van der Waals surface area contributed by atoms with Gasteiger partial charge in [-0.25, -0.2) is 4.98 Å². The third-order valence-corrected chi connectivity index (χ3v) is 4.29. The minimum absolute atomic E-state index is 0.0969. The summed E-state index contributed by atoms with van der Waals surface area (Å²) in [6.07, 6.45) is 1.40. The van der Waals surface area contributed by atoms with Crippen LogP contribution in [0.4, 0.5) is 0 Å². The Bertz CT molecular complexity index is 929. The average Bonchev–Trinajstić information content (AvgIpc) is 3.06. The van der Waals surface area contributed by atoms with Crippen LogP contribution in [-0.4, -0.2) is 29.6 Å². The second-order valence-electron chi connectivity index (χ2n) is 4.81. The summed E-state index contributed by atoms with van der Waals surface area (Å²) in [5, 5.41) is 2.32. The molecule has 0 saturated carbocycles. The van der Waals surface area contributed by atoms with Gasteiger partial charge in [-0.05, 0) is 23.6 Å². The first kappa shape index (κ1) is 15.2. The predicted molar refractivity (Wildman–Crippen MR) is 87.8 cm³/mol. The lowest BCUT2D eigenvalue weighted by Crippen LogP contribution is -2.24. The Morgan fingerprint density at radius 2 is 2.09 bits per heavy atom. The fraction of sp³-hybridized carbons (Fsp3) is 0.188. The van der Waals surface area contributed by atoms with Gasteiger partial charge in [-0.15, -0.1) is 11.3 Å². The van der Waals surface area contributed by atoms with Crippen molar-refractivity contribution in [2.24, 2.45) is 0 Å². The number of aromatic nitrogens is 2. The molecule has 0 aliphatic rings. The summed E-state index contributed by atoms with van der Waals surface area (Å²) in [4.78, 5) is 29.7. The van der Waals surface area contributed by atoms with Gasteiger partial charge in [0.05, 0.1) is 38.0 Å². The number of methoxy groups -OCH3 is 2. The molecule has 2 heterocycles. The van der Waals surface area contributed by atoms with Crippen LogP contribution in [0.15, 0.2) is 40.8 Å². The number of carbonyl (C=O) groups excluding carboxylic acids is 1. The van der Waals surface area contributed by atoms with E-state index in [1.54, 1.807) is 29.6 Å². The molecule has 118 valence electrons. The number of nitrogens with zero attached hydrogens (tertiary/aromatic N) is 2. The zero-order chi connectivity index (χ0) is 16.4. The molecule has 3 rings (SSSR count). The van der Waals surface area contributed by atoms with E-state index in [0.717, 1.165) is 0 Å². The van der Waals surface area contributed by atoms with Crippen molar-refractivity contribution in [1.82, 2.24) is 9.55 Å². The van der Waals surface area contributed by atoms with E-state index in [2.05, 4.69) is 4.98 Å². The number of hydrogen-bond donors (Lipinski definition) is 0. The Balaban J connectivity index is 1.94. The van der Waals surface area contributed by atoms with Gasteiger partial charge in [-0.3, -0.25) is 14.2 Å². The summed E-state index contributed by atoms with van der Waals surface area (Å²) < 4.78 is 11.7. The maximum atomic E-state index is 12.5. The lowest BCUT2D eigenvalue weighted by atomic mass is 10.1. The Morgan fingerprint density at radius 1 is 1.26 bits per heavy atom. The van der Waals surface area contributed by atoms with Crippen LogP contribution in [0.5, 0.6) is 11.5 Å². The largest absolute Gasteiger partial charge is 0.497 e. The van der Waals surface area contributed by atoms with Crippen LogP contribution in [0.2, 0.25) is 0 Å².